The molecular formula is C12H15BrO3. The fourth-order valence-electron chi connectivity index (χ4n) is 1.74. The van der Waals surface area contributed by atoms with Crippen molar-refractivity contribution in [3.05, 3.63) is 33.8 Å². The zero-order chi connectivity index (χ0) is 11.8. The van der Waals surface area contributed by atoms with Crippen LogP contribution in [0.3, 0.4) is 0 Å². The van der Waals surface area contributed by atoms with Crippen molar-refractivity contribution >= 4 is 15.9 Å². The summed E-state index contributed by atoms with van der Waals surface area (Å²) in [5, 5.41) is 10.0. The Morgan fingerprint density at radius 2 is 1.94 bits per heavy atom. The molecule has 0 spiro atoms. The largest absolute Gasteiger partial charge is 0.386 e. The van der Waals surface area contributed by atoms with Crippen LogP contribution in [0.1, 0.15) is 31.3 Å². The van der Waals surface area contributed by atoms with Gasteiger partial charge in [-0.1, -0.05) is 18.2 Å². The summed E-state index contributed by atoms with van der Waals surface area (Å²) in [5.41, 5.74) is 0.884. The third-order valence-electron chi connectivity index (χ3n) is 2.56. The number of rotatable bonds is 2. The second-order valence-electron chi connectivity index (χ2n) is 4.34. The van der Waals surface area contributed by atoms with E-state index in [4.69, 9.17) is 9.47 Å². The number of halogens is 1. The van der Waals surface area contributed by atoms with Gasteiger partial charge in [0.05, 0.1) is 18.8 Å². The maximum Gasteiger partial charge on any atom is 0.185 e. The predicted octanol–water partition coefficient (Wildman–Crippen LogP) is 2.72. The first kappa shape index (κ1) is 12.0. The summed E-state index contributed by atoms with van der Waals surface area (Å²) in [6, 6.07) is 5.73. The maximum atomic E-state index is 10.0. The summed E-state index contributed by atoms with van der Waals surface area (Å²) in [6.07, 6.45) is -0.323. The first-order valence-electron chi connectivity index (χ1n) is 5.24. The van der Waals surface area contributed by atoms with Crippen LogP contribution in [0.25, 0.3) is 0 Å². The van der Waals surface area contributed by atoms with Crippen LogP contribution in [0.5, 0.6) is 0 Å². The molecule has 0 aromatic heterocycles. The first-order valence-corrected chi connectivity index (χ1v) is 6.04. The molecule has 88 valence electrons. The van der Waals surface area contributed by atoms with Gasteiger partial charge in [0.1, 0.15) is 0 Å². The second-order valence-corrected chi connectivity index (χ2v) is 5.13. The lowest BCUT2D eigenvalue weighted by atomic mass is 9.96. The molecule has 1 aromatic rings. The molecule has 0 saturated carbocycles. The number of aliphatic hydroxyl groups is 1. The Balaban J connectivity index is 2.40. The highest BCUT2D eigenvalue weighted by Crippen LogP contribution is 2.36. The zero-order valence-electron chi connectivity index (χ0n) is 9.37. The average molecular weight is 287 g/mol. The van der Waals surface area contributed by atoms with Crippen LogP contribution in [0, 0.1) is 0 Å². The molecule has 2 rings (SSSR count). The van der Waals surface area contributed by atoms with Crippen molar-refractivity contribution in [3.8, 4) is 0 Å². The van der Waals surface area contributed by atoms with Crippen molar-refractivity contribution in [1.29, 1.82) is 0 Å². The van der Waals surface area contributed by atoms with Gasteiger partial charge >= 0.3 is 0 Å². The quantitative estimate of drug-likeness (QED) is 0.909. The summed E-state index contributed by atoms with van der Waals surface area (Å²) in [5.74, 6) is 0. The average Bonchev–Trinajstić information content (AvgIpc) is 2.69. The Morgan fingerprint density at radius 1 is 1.31 bits per heavy atom. The Morgan fingerprint density at radius 3 is 2.50 bits per heavy atom. The summed E-state index contributed by atoms with van der Waals surface area (Å²) in [7, 11) is 0. The highest BCUT2D eigenvalue weighted by Gasteiger charge is 2.26. The fraction of sp³-hybridized carbons (Fsp3) is 0.500. The van der Waals surface area contributed by atoms with E-state index in [-0.39, 0.29) is 6.29 Å². The van der Waals surface area contributed by atoms with Gasteiger partial charge < -0.3 is 14.6 Å². The minimum atomic E-state index is -0.882. The van der Waals surface area contributed by atoms with Crippen LogP contribution < -0.4 is 0 Å². The molecule has 3 nitrogen and oxygen atoms in total. The predicted molar refractivity (Wildman–Crippen MR) is 64.0 cm³/mol. The van der Waals surface area contributed by atoms with Crippen molar-refractivity contribution in [3.63, 3.8) is 0 Å². The number of benzene rings is 1. The van der Waals surface area contributed by atoms with Crippen LogP contribution in [-0.2, 0) is 15.1 Å². The fourth-order valence-corrected chi connectivity index (χ4v) is 2.68. The molecule has 1 aliphatic heterocycles. The lowest BCUT2D eigenvalue weighted by Gasteiger charge is -2.22. The van der Waals surface area contributed by atoms with E-state index in [1.807, 2.05) is 18.2 Å². The molecule has 0 radical (unpaired) electrons. The van der Waals surface area contributed by atoms with Crippen LogP contribution in [0.15, 0.2) is 22.7 Å². The third-order valence-corrected chi connectivity index (χ3v) is 3.45. The summed E-state index contributed by atoms with van der Waals surface area (Å²) in [6.45, 7) is 4.74. The Kier molecular flexibility index (Phi) is 3.35. The molecule has 0 amide bonds. The zero-order valence-corrected chi connectivity index (χ0v) is 11.0. The van der Waals surface area contributed by atoms with Gasteiger partial charge in [0, 0.05) is 10.0 Å². The molecule has 1 N–H and O–H groups in total. The smallest absolute Gasteiger partial charge is 0.185 e. The molecule has 1 aromatic carbocycles. The molecule has 0 aliphatic carbocycles. The van der Waals surface area contributed by atoms with Crippen molar-refractivity contribution in [2.45, 2.75) is 25.7 Å². The van der Waals surface area contributed by atoms with Crippen molar-refractivity contribution in [2.24, 2.45) is 0 Å². The highest BCUT2D eigenvalue weighted by molar-refractivity contribution is 9.10. The maximum absolute atomic E-state index is 10.0. The van der Waals surface area contributed by atoms with Gasteiger partial charge in [0.2, 0.25) is 0 Å². The molecular weight excluding hydrogens is 272 g/mol. The third kappa shape index (κ3) is 2.30. The van der Waals surface area contributed by atoms with Crippen LogP contribution in [-0.4, -0.2) is 18.3 Å². The Labute approximate surface area is 104 Å². The van der Waals surface area contributed by atoms with Gasteiger partial charge in [-0.25, -0.2) is 0 Å². The van der Waals surface area contributed by atoms with E-state index in [9.17, 15) is 5.11 Å². The topological polar surface area (TPSA) is 38.7 Å². The van der Waals surface area contributed by atoms with Crippen LogP contribution in [0.2, 0.25) is 0 Å². The van der Waals surface area contributed by atoms with E-state index in [0.717, 1.165) is 15.6 Å². The molecule has 0 atom stereocenters. The lowest BCUT2D eigenvalue weighted by molar-refractivity contribution is -0.0449. The van der Waals surface area contributed by atoms with Crippen LogP contribution in [0.4, 0.5) is 0 Å². The first-order chi connectivity index (χ1) is 7.50. The van der Waals surface area contributed by atoms with Crippen molar-refractivity contribution in [1.82, 2.24) is 0 Å². The highest BCUT2D eigenvalue weighted by atomic mass is 79.9. The standard InChI is InChI=1S/C12H15BrO3/c1-12(2,14)9-5-3-4-8(10(9)13)11-15-6-7-16-11/h3-5,11,14H,6-7H2,1-2H3. The normalized spacial score (nSPS) is 18.0. The number of hydrogen-bond acceptors (Lipinski definition) is 3. The molecule has 1 aliphatic rings. The minimum absolute atomic E-state index is 0.323. The van der Waals surface area contributed by atoms with E-state index < -0.39 is 5.60 Å². The molecule has 1 fully saturated rings. The molecule has 0 bridgehead atoms. The van der Waals surface area contributed by atoms with E-state index in [2.05, 4.69) is 15.9 Å². The van der Waals surface area contributed by atoms with Gasteiger partial charge in [-0.2, -0.15) is 0 Å². The van der Waals surface area contributed by atoms with E-state index in [0.29, 0.717) is 13.2 Å². The summed E-state index contributed by atoms with van der Waals surface area (Å²) in [4.78, 5) is 0. The molecule has 1 saturated heterocycles. The lowest BCUT2D eigenvalue weighted by Crippen LogP contribution is -2.17. The SMILES string of the molecule is CC(C)(O)c1cccc(C2OCCO2)c1Br. The van der Waals surface area contributed by atoms with Gasteiger partial charge in [-0.15, -0.1) is 0 Å². The number of hydrogen-bond donors (Lipinski definition) is 1. The molecule has 1 heterocycles. The molecule has 16 heavy (non-hydrogen) atoms. The number of ether oxygens (including phenoxy) is 2. The monoisotopic (exact) mass is 286 g/mol. The van der Waals surface area contributed by atoms with Crippen molar-refractivity contribution < 1.29 is 14.6 Å². The second kappa shape index (κ2) is 4.45. The van der Waals surface area contributed by atoms with E-state index >= 15 is 0 Å². The minimum Gasteiger partial charge on any atom is -0.386 e. The Bertz CT molecular complexity index is 378. The molecule has 4 heteroatoms. The van der Waals surface area contributed by atoms with E-state index in [1.54, 1.807) is 13.8 Å². The summed E-state index contributed by atoms with van der Waals surface area (Å²) < 4.78 is 11.8. The van der Waals surface area contributed by atoms with Gasteiger partial charge in [-0.05, 0) is 35.3 Å². The molecule has 0 unspecified atom stereocenters. The summed E-state index contributed by atoms with van der Waals surface area (Å²) >= 11 is 3.51. The van der Waals surface area contributed by atoms with Crippen LogP contribution >= 0.6 is 15.9 Å². The van der Waals surface area contributed by atoms with Gasteiger partial charge in [0.25, 0.3) is 0 Å². The van der Waals surface area contributed by atoms with E-state index in [1.165, 1.54) is 0 Å². The Hall–Kier alpha value is -0.420. The van der Waals surface area contributed by atoms with Gasteiger partial charge in [0.15, 0.2) is 6.29 Å². The van der Waals surface area contributed by atoms with Gasteiger partial charge in [-0.3, -0.25) is 0 Å². The van der Waals surface area contributed by atoms with Crippen molar-refractivity contribution in [2.75, 3.05) is 13.2 Å².